The number of alkyl halides is 4. The second-order valence-electron chi connectivity index (χ2n) is 2.48. The molecule has 0 aliphatic carbocycles. The molecule has 0 spiro atoms. The highest BCUT2D eigenvalue weighted by molar-refractivity contribution is 7.86. The number of nitrogens with zero attached hydrogens (tertiary/aromatic N) is 2. The molecule has 1 aromatic rings. The molecule has 0 bridgehead atoms. The Morgan fingerprint density at radius 3 is 2.13 bits per heavy atom. The smallest absolute Gasteiger partial charge is 0.281 e. The third-order valence-corrected chi connectivity index (χ3v) is 2.36. The lowest BCUT2D eigenvalue weighted by Crippen LogP contribution is -2.48. The Hall–Kier alpha value is -1.16. The van der Waals surface area contributed by atoms with Gasteiger partial charge in [0.2, 0.25) is 0 Å². The van der Waals surface area contributed by atoms with Crippen molar-refractivity contribution < 1.29 is 30.5 Å². The maximum atomic E-state index is 12.9. The molecule has 5 nitrogen and oxygen atoms in total. The van der Waals surface area contributed by atoms with Crippen molar-refractivity contribution in [2.24, 2.45) is 0 Å². The van der Waals surface area contributed by atoms with E-state index in [4.69, 9.17) is 4.55 Å². The van der Waals surface area contributed by atoms with Crippen LogP contribution in [-0.4, -0.2) is 28.0 Å². The molecule has 0 unspecified atom stereocenters. The van der Waals surface area contributed by atoms with Gasteiger partial charge in [0.25, 0.3) is 0 Å². The first-order valence-corrected chi connectivity index (χ1v) is 4.77. The summed E-state index contributed by atoms with van der Waals surface area (Å²) in [4.78, 5) is 0. The molecule has 0 radical (unpaired) electrons. The fourth-order valence-corrected chi connectivity index (χ4v) is 1.13. The van der Waals surface area contributed by atoms with E-state index in [0.717, 1.165) is 12.3 Å². The van der Waals surface area contributed by atoms with Gasteiger partial charge in [0.15, 0.2) is 0 Å². The lowest BCUT2D eigenvalue weighted by atomic mass is 10.5. The summed E-state index contributed by atoms with van der Waals surface area (Å²) in [6, 6.07) is -4.27. The monoisotopic (exact) mass is 248 g/mol. The van der Waals surface area contributed by atoms with Crippen molar-refractivity contribution in [3.05, 3.63) is 18.5 Å². The molecule has 10 heteroatoms. The van der Waals surface area contributed by atoms with Crippen molar-refractivity contribution in [1.29, 1.82) is 0 Å². The van der Waals surface area contributed by atoms with Crippen LogP contribution in [0.15, 0.2) is 18.5 Å². The minimum atomic E-state index is -6.23. The van der Waals surface area contributed by atoms with E-state index in [1.165, 1.54) is 0 Å². The van der Waals surface area contributed by atoms with Gasteiger partial charge >= 0.3 is 21.4 Å². The average molecular weight is 248 g/mol. The van der Waals surface area contributed by atoms with Gasteiger partial charge < -0.3 is 0 Å². The zero-order valence-electron chi connectivity index (χ0n) is 6.81. The van der Waals surface area contributed by atoms with Crippen LogP contribution in [-0.2, 0) is 16.2 Å². The van der Waals surface area contributed by atoms with E-state index in [1.54, 1.807) is 0 Å². The molecular formula is C5H4F4N2O3S. The first-order chi connectivity index (χ1) is 6.61. The topological polar surface area (TPSA) is 72.2 Å². The molecule has 86 valence electrons. The summed E-state index contributed by atoms with van der Waals surface area (Å²) in [7, 11) is -6.23. The summed E-state index contributed by atoms with van der Waals surface area (Å²) < 4.78 is 78.6. The summed E-state index contributed by atoms with van der Waals surface area (Å²) >= 11 is 0. The maximum absolute atomic E-state index is 12.9. The maximum Gasteiger partial charge on any atom is 0.454 e. The summed E-state index contributed by atoms with van der Waals surface area (Å²) in [5, 5.41) is -2.87. The van der Waals surface area contributed by atoms with Crippen LogP contribution in [0.3, 0.4) is 0 Å². The zero-order valence-corrected chi connectivity index (χ0v) is 7.63. The van der Waals surface area contributed by atoms with Crippen LogP contribution in [0.5, 0.6) is 0 Å². The molecule has 0 atom stereocenters. The Morgan fingerprint density at radius 2 is 1.80 bits per heavy atom. The van der Waals surface area contributed by atoms with Crippen molar-refractivity contribution in [1.82, 2.24) is 9.78 Å². The van der Waals surface area contributed by atoms with Gasteiger partial charge in [0.05, 0.1) is 0 Å². The van der Waals surface area contributed by atoms with Gasteiger partial charge in [-0.2, -0.15) is 31.1 Å². The van der Waals surface area contributed by atoms with Gasteiger partial charge in [-0.3, -0.25) is 4.55 Å². The first kappa shape index (κ1) is 11.9. The van der Waals surface area contributed by atoms with Crippen LogP contribution in [0.2, 0.25) is 0 Å². The number of halogens is 4. The normalized spacial score (nSPS) is 14.2. The van der Waals surface area contributed by atoms with Crippen LogP contribution in [0.4, 0.5) is 17.6 Å². The van der Waals surface area contributed by atoms with E-state index in [9.17, 15) is 26.0 Å². The molecular weight excluding hydrogens is 244 g/mol. The molecule has 0 aromatic carbocycles. The van der Waals surface area contributed by atoms with Gasteiger partial charge in [-0.25, -0.2) is 4.68 Å². The van der Waals surface area contributed by atoms with Crippen LogP contribution in [0, 0.1) is 0 Å². The van der Waals surface area contributed by atoms with Crippen LogP contribution in [0.25, 0.3) is 0 Å². The third-order valence-electron chi connectivity index (χ3n) is 1.47. The largest absolute Gasteiger partial charge is 0.454 e. The van der Waals surface area contributed by atoms with E-state index in [-0.39, 0.29) is 0 Å². The number of hydrogen-bond acceptors (Lipinski definition) is 3. The van der Waals surface area contributed by atoms with E-state index in [1.807, 2.05) is 0 Å². The quantitative estimate of drug-likeness (QED) is 0.637. The van der Waals surface area contributed by atoms with Crippen molar-refractivity contribution in [2.75, 3.05) is 0 Å². The molecule has 0 saturated carbocycles. The van der Waals surface area contributed by atoms with Gasteiger partial charge in [-0.05, 0) is 6.07 Å². The van der Waals surface area contributed by atoms with Crippen LogP contribution in [0.1, 0.15) is 0 Å². The summed E-state index contributed by atoms with van der Waals surface area (Å²) in [6.07, 6.45) is 1.20. The molecule has 15 heavy (non-hydrogen) atoms. The minimum absolute atomic E-state index is 0.444. The second-order valence-corrected chi connectivity index (χ2v) is 3.95. The van der Waals surface area contributed by atoms with Gasteiger partial charge in [0.1, 0.15) is 0 Å². The molecule has 0 fully saturated rings. The Kier molecular flexibility index (Phi) is 2.52. The Bertz CT molecular complexity index is 441. The highest BCUT2D eigenvalue weighted by atomic mass is 32.2. The number of aromatic nitrogens is 2. The van der Waals surface area contributed by atoms with E-state index >= 15 is 0 Å². The zero-order chi connectivity index (χ0) is 11.9. The molecule has 1 rings (SSSR count). The summed E-state index contributed by atoms with van der Waals surface area (Å²) in [6.45, 7) is 0. The van der Waals surface area contributed by atoms with Crippen LogP contribution >= 0.6 is 0 Å². The van der Waals surface area contributed by atoms with Crippen molar-refractivity contribution >= 4 is 10.1 Å². The number of rotatable bonds is 3. The Balaban J connectivity index is 3.29. The van der Waals surface area contributed by atoms with Crippen molar-refractivity contribution in [3.8, 4) is 0 Å². The summed E-state index contributed by atoms with van der Waals surface area (Å²) in [5.41, 5.74) is 0. The SMILES string of the molecule is O=S(=O)(O)C(F)(F)C(F)(F)n1cccn1. The molecule has 1 aromatic heterocycles. The van der Waals surface area contributed by atoms with Crippen LogP contribution < -0.4 is 0 Å². The Morgan fingerprint density at radius 1 is 1.27 bits per heavy atom. The summed E-state index contributed by atoms with van der Waals surface area (Å²) in [5.74, 6) is 0. The molecule has 1 heterocycles. The first-order valence-electron chi connectivity index (χ1n) is 3.33. The lowest BCUT2D eigenvalue weighted by Gasteiger charge is -2.23. The molecule has 0 aliphatic rings. The molecule has 0 amide bonds. The molecule has 0 saturated heterocycles. The highest BCUT2D eigenvalue weighted by Crippen LogP contribution is 2.41. The second kappa shape index (κ2) is 3.17. The Labute approximate surface area is 81.1 Å². The molecule has 1 N–H and O–H groups in total. The fraction of sp³-hybridized carbons (Fsp3) is 0.400. The van der Waals surface area contributed by atoms with E-state index in [2.05, 4.69) is 5.10 Å². The fourth-order valence-electron chi connectivity index (χ4n) is 0.723. The van der Waals surface area contributed by atoms with Gasteiger partial charge in [-0.1, -0.05) is 0 Å². The minimum Gasteiger partial charge on any atom is -0.281 e. The van der Waals surface area contributed by atoms with Crippen molar-refractivity contribution in [3.63, 3.8) is 0 Å². The highest BCUT2D eigenvalue weighted by Gasteiger charge is 2.67. The van der Waals surface area contributed by atoms with Gasteiger partial charge in [-0.15, -0.1) is 0 Å². The van der Waals surface area contributed by atoms with E-state index in [0.29, 0.717) is 6.20 Å². The van der Waals surface area contributed by atoms with Crippen molar-refractivity contribution in [2.45, 2.75) is 11.3 Å². The average Bonchev–Trinajstić information content (AvgIpc) is 2.53. The predicted molar refractivity (Wildman–Crippen MR) is 38.9 cm³/mol. The predicted octanol–water partition coefficient (Wildman–Crippen LogP) is 0.913. The standard InChI is InChI=1S/C5H4F4N2O3S/c6-4(7,11-3-1-2-10-11)5(8,9)15(12,13)14/h1-3H,(H,12,13,14). The molecule has 0 aliphatic heterocycles. The third kappa shape index (κ3) is 1.69. The lowest BCUT2D eigenvalue weighted by molar-refractivity contribution is -0.223. The number of hydrogen-bond donors (Lipinski definition) is 1. The van der Waals surface area contributed by atoms with E-state index < -0.39 is 26.1 Å². The van der Waals surface area contributed by atoms with Gasteiger partial charge in [0, 0.05) is 12.4 Å².